The number of hydrogen-bond acceptors (Lipinski definition) is 2. The third kappa shape index (κ3) is 2.03. The predicted octanol–water partition coefficient (Wildman–Crippen LogP) is 2.57. The van der Waals surface area contributed by atoms with E-state index in [0.29, 0.717) is 11.8 Å². The van der Waals surface area contributed by atoms with Crippen LogP contribution in [0.2, 0.25) is 0 Å². The van der Waals surface area contributed by atoms with Crippen LogP contribution in [0.4, 0.5) is 0 Å². The molecule has 12 heavy (non-hydrogen) atoms. The summed E-state index contributed by atoms with van der Waals surface area (Å²) in [6, 6.07) is 0. The van der Waals surface area contributed by atoms with Crippen LogP contribution in [-0.4, -0.2) is 15.7 Å². The van der Waals surface area contributed by atoms with Gasteiger partial charge in [0.05, 0.1) is 0 Å². The predicted molar refractivity (Wildman–Crippen MR) is 54.9 cm³/mol. The zero-order valence-corrected chi connectivity index (χ0v) is 8.73. The standard InChI is InChI=1S/C9H16N2S/c1-6(2)9-10-4-8(11-9)7(3)5-12/h4,6-7,12H,5H2,1-3H3,(H,10,11). The highest BCUT2D eigenvalue weighted by molar-refractivity contribution is 7.80. The van der Waals surface area contributed by atoms with Crippen molar-refractivity contribution in [3.05, 3.63) is 17.7 Å². The summed E-state index contributed by atoms with van der Waals surface area (Å²) in [7, 11) is 0. The van der Waals surface area contributed by atoms with Crippen LogP contribution >= 0.6 is 12.6 Å². The molecule has 0 radical (unpaired) electrons. The first kappa shape index (κ1) is 9.65. The lowest BCUT2D eigenvalue weighted by atomic mass is 10.1. The maximum atomic E-state index is 4.30. The molecular formula is C9H16N2S. The number of thiol groups is 1. The number of H-pyrrole nitrogens is 1. The van der Waals surface area contributed by atoms with Gasteiger partial charge in [-0.25, -0.2) is 4.98 Å². The second-order valence-electron chi connectivity index (χ2n) is 3.46. The van der Waals surface area contributed by atoms with Gasteiger partial charge in [0.25, 0.3) is 0 Å². The number of nitrogens with one attached hydrogen (secondary N) is 1. The number of aromatic nitrogens is 2. The molecule has 0 saturated heterocycles. The zero-order valence-electron chi connectivity index (χ0n) is 7.83. The van der Waals surface area contributed by atoms with Crippen molar-refractivity contribution in [1.29, 1.82) is 0 Å². The first-order chi connectivity index (χ1) is 5.65. The molecule has 68 valence electrons. The first-order valence-corrected chi connectivity index (χ1v) is 4.94. The normalized spacial score (nSPS) is 13.8. The Kier molecular flexibility index (Phi) is 3.20. The number of aromatic amines is 1. The summed E-state index contributed by atoms with van der Waals surface area (Å²) in [6.45, 7) is 6.41. The monoisotopic (exact) mass is 184 g/mol. The number of rotatable bonds is 3. The van der Waals surface area contributed by atoms with E-state index in [0.717, 1.165) is 11.6 Å². The first-order valence-electron chi connectivity index (χ1n) is 4.30. The van der Waals surface area contributed by atoms with Crippen LogP contribution in [0.15, 0.2) is 6.20 Å². The lowest BCUT2D eigenvalue weighted by Crippen LogP contribution is -1.96. The van der Waals surface area contributed by atoms with E-state index in [4.69, 9.17) is 0 Å². The Bertz CT molecular complexity index is 242. The Hall–Kier alpha value is -0.440. The summed E-state index contributed by atoms with van der Waals surface area (Å²) < 4.78 is 0. The van der Waals surface area contributed by atoms with Gasteiger partial charge in [-0.3, -0.25) is 0 Å². The van der Waals surface area contributed by atoms with Crippen molar-refractivity contribution in [3.8, 4) is 0 Å². The lowest BCUT2D eigenvalue weighted by molar-refractivity contribution is 0.774. The van der Waals surface area contributed by atoms with Crippen molar-refractivity contribution in [3.63, 3.8) is 0 Å². The fraction of sp³-hybridized carbons (Fsp3) is 0.667. The second-order valence-corrected chi connectivity index (χ2v) is 3.83. The molecule has 1 heterocycles. The average Bonchev–Trinajstić information content (AvgIpc) is 2.51. The Balaban J connectivity index is 2.77. The average molecular weight is 184 g/mol. The van der Waals surface area contributed by atoms with E-state index in [9.17, 15) is 0 Å². The van der Waals surface area contributed by atoms with Crippen LogP contribution in [0.25, 0.3) is 0 Å². The quantitative estimate of drug-likeness (QED) is 0.694. The molecule has 0 aliphatic carbocycles. The molecule has 1 aromatic rings. The highest BCUT2D eigenvalue weighted by Crippen LogP contribution is 2.17. The molecule has 0 aliphatic heterocycles. The van der Waals surface area contributed by atoms with E-state index in [1.165, 1.54) is 5.69 Å². The fourth-order valence-electron chi connectivity index (χ4n) is 0.994. The maximum Gasteiger partial charge on any atom is 0.108 e. The van der Waals surface area contributed by atoms with E-state index in [1.54, 1.807) is 0 Å². The fourth-order valence-corrected chi connectivity index (χ4v) is 1.19. The SMILES string of the molecule is CC(C)c1ncc(C(C)CS)[nH]1. The summed E-state index contributed by atoms with van der Waals surface area (Å²) >= 11 is 4.24. The summed E-state index contributed by atoms with van der Waals surface area (Å²) in [5, 5.41) is 0. The smallest absolute Gasteiger partial charge is 0.108 e. The molecule has 1 N–H and O–H groups in total. The summed E-state index contributed by atoms with van der Waals surface area (Å²) in [5.74, 6) is 2.87. The lowest BCUT2D eigenvalue weighted by Gasteiger charge is -2.04. The Labute approximate surface area is 79.2 Å². The van der Waals surface area contributed by atoms with Crippen molar-refractivity contribution >= 4 is 12.6 Å². The zero-order chi connectivity index (χ0) is 9.14. The molecule has 0 saturated carbocycles. The maximum absolute atomic E-state index is 4.30. The Morgan fingerprint density at radius 3 is 2.58 bits per heavy atom. The second kappa shape index (κ2) is 3.99. The van der Waals surface area contributed by atoms with Crippen molar-refractivity contribution in [2.75, 3.05) is 5.75 Å². The van der Waals surface area contributed by atoms with Crippen LogP contribution in [0, 0.1) is 0 Å². The Morgan fingerprint density at radius 2 is 2.17 bits per heavy atom. The van der Waals surface area contributed by atoms with Gasteiger partial charge >= 0.3 is 0 Å². The van der Waals surface area contributed by atoms with Crippen LogP contribution in [0.1, 0.15) is 44.1 Å². The van der Waals surface area contributed by atoms with Crippen LogP contribution in [0.5, 0.6) is 0 Å². The van der Waals surface area contributed by atoms with Gasteiger partial charge in [0.1, 0.15) is 5.82 Å². The molecule has 0 bridgehead atoms. The minimum absolute atomic E-state index is 0.466. The number of nitrogens with zero attached hydrogens (tertiary/aromatic N) is 1. The molecular weight excluding hydrogens is 168 g/mol. The van der Waals surface area contributed by atoms with Crippen LogP contribution in [-0.2, 0) is 0 Å². The highest BCUT2D eigenvalue weighted by atomic mass is 32.1. The minimum atomic E-state index is 0.466. The van der Waals surface area contributed by atoms with E-state index in [-0.39, 0.29) is 0 Å². The van der Waals surface area contributed by atoms with Crippen molar-refractivity contribution < 1.29 is 0 Å². The number of imidazole rings is 1. The summed E-state index contributed by atoms with van der Waals surface area (Å²) in [4.78, 5) is 7.60. The van der Waals surface area contributed by atoms with E-state index < -0.39 is 0 Å². The molecule has 0 spiro atoms. The minimum Gasteiger partial charge on any atom is -0.345 e. The molecule has 3 heteroatoms. The Morgan fingerprint density at radius 1 is 1.50 bits per heavy atom. The van der Waals surface area contributed by atoms with Crippen LogP contribution < -0.4 is 0 Å². The van der Waals surface area contributed by atoms with Gasteiger partial charge in [0.15, 0.2) is 0 Å². The van der Waals surface area contributed by atoms with Crippen molar-refractivity contribution in [1.82, 2.24) is 9.97 Å². The van der Waals surface area contributed by atoms with Gasteiger partial charge in [-0.05, 0) is 5.75 Å². The highest BCUT2D eigenvalue weighted by Gasteiger charge is 2.08. The molecule has 1 rings (SSSR count). The van der Waals surface area contributed by atoms with Gasteiger partial charge in [-0.2, -0.15) is 12.6 Å². The summed E-state index contributed by atoms with van der Waals surface area (Å²) in [5.41, 5.74) is 1.19. The third-order valence-corrected chi connectivity index (χ3v) is 2.51. The van der Waals surface area contributed by atoms with Gasteiger partial charge in [0, 0.05) is 23.7 Å². The molecule has 1 atom stereocenters. The summed E-state index contributed by atoms with van der Waals surface area (Å²) in [6.07, 6.45) is 1.91. The van der Waals surface area contributed by atoms with Gasteiger partial charge in [-0.15, -0.1) is 0 Å². The van der Waals surface area contributed by atoms with Crippen molar-refractivity contribution in [2.24, 2.45) is 0 Å². The van der Waals surface area contributed by atoms with Gasteiger partial charge in [-0.1, -0.05) is 20.8 Å². The topological polar surface area (TPSA) is 28.7 Å². The molecule has 0 aromatic carbocycles. The van der Waals surface area contributed by atoms with E-state index in [2.05, 4.69) is 43.4 Å². The van der Waals surface area contributed by atoms with Crippen molar-refractivity contribution in [2.45, 2.75) is 32.6 Å². The molecule has 2 nitrogen and oxygen atoms in total. The largest absolute Gasteiger partial charge is 0.345 e. The third-order valence-electron chi connectivity index (χ3n) is 1.97. The molecule has 0 aliphatic rings. The van der Waals surface area contributed by atoms with Crippen LogP contribution in [0.3, 0.4) is 0 Å². The number of hydrogen-bond donors (Lipinski definition) is 2. The van der Waals surface area contributed by atoms with E-state index >= 15 is 0 Å². The molecule has 1 unspecified atom stereocenters. The molecule has 1 aromatic heterocycles. The van der Waals surface area contributed by atoms with Gasteiger partial charge < -0.3 is 4.98 Å². The van der Waals surface area contributed by atoms with E-state index in [1.807, 2.05) is 6.20 Å². The van der Waals surface area contributed by atoms with Gasteiger partial charge in [0.2, 0.25) is 0 Å². The molecule has 0 fully saturated rings. The molecule has 0 amide bonds.